The molecule has 1 N–H and O–H groups in total. The number of halogens is 3. The molecule has 0 saturated heterocycles. The topological polar surface area (TPSA) is 43.0 Å². The normalized spacial score (nSPS) is 14.4. The van der Waals surface area contributed by atoms with E-state index in [1.165, 1.54) is 4.57 Å². The van der Waals surface area contributed by atoms with E-state index in [0.29, 0.717) is 30.3 Å². The van der Waals surface area contributed by atoms with Crippen molar-refractivity contribution in [1.82, 2.24) is 14.1 Å². The van der Waals surface area contributed by atoms with E-state index in [0.717, 1.165) is 6.20 Å². The lowest BCUT2D eigenvalue weighted by molar-refractivity contribution is -0.140. The summed E-state index contributed by atoms with van der Waals surface area (Å²) < 4.78 is 41.1. The number of hydrogen-bond acceptors (Lipinski definition) is 2. The lowest BCUT2D eigenvalue weighted by Crippen LogP contribution is -2.17. The third kappa shape index (κ3) is 1.54. The van der Waals surface area contributed by atoms with Crippen molar-refractivity contribution in [3.8, 4) is 11.5 Å². The van der Waals surface area contributed by atoms with Crippen LogP contribution in [-0.2, 0) is 25.9 Å². The summed E-state index contributed by atoms with van der Waals surface area (Å²) in [4.78, 5) is 3.65. The molecule has 96 valence electrons. The van der Waals surface area contributed by atoms with E-state index in [4.69, 9.17) is 5.11 Å². The van der Waals surface area contributed by atoms with Crippen LogP contribution in [0.15, 0.2) is 18.3 Å². The molecule has 1 aliphatic rings. The molecule has 0 fully saturated rings. The molecule has 18 heavy (non-hydrogen) atoms. The smallest absolute Gasteiger partial charge is 0.390 e. The van der Waals surface area contributed by atoms with Gasteiger partial charge in [0.05, 0.1) is 12.3 Å². The van der Waals surface area contributed by atoms with Gasteiger partial charge in [-0.05, 0) is 12.1 Å². The van der Waals surface area contributed by atoms with Crippen molar-refractivity contribution in [1.29, 1.82) is 0 Å². The highest BCUT2D eigenvalue weighted by atomic mass is 19.4. The van der Waals surface area contributed by atoms with Gasteiger partial charge in [0.15, 0.2) is 11.5 Å². The second-order valence-electron chi connectivity index (χ2n) is 4.16. The molecule has 2 aromatic rings. The molecule has 7 heteroatoms. The molecule has 0 radical (unpaired) electrons. The Morgan fingerprint density at radius 3 is 2.72 bits per heavy atom. The second-order valence-corrected chi connectivity index (χ2v) is 4.16. The maximum absolute atomic E-state index is 12.6. The van der Waals surface area contributed by atoms with Crippen LogP contribution in [0.2, 0.25) is 0 Å². The van der Waals surface area contributed by atoms with Crippen molar-refractivity contribution in [3.63, 3.8) is 0 Å². The molecule has 2 aromatic heterocycles. The van der Waals surface area contributed by atoms with Crippen molar-refractivity contribution in [2.75, 3.05) is 0 Å². The van der Waals surface area contributed by atoms with Crippen LogP contribution in [0.5, 0.6) is 0 Å². The molecule has 0 spiro atoms. The predicted octanol–water partition coefficient (Wildman–Crippen LogP) is 1.88. The first-order valence-electron chi connectivity index (χ1n) is 5.44. The van der Waals surface area contributed by atoms with Crippen molar-refractivity contribution in [2.45, 2.75) is 25.9 Å². The van der Waals surface area contributed by atoms with E-state index in [-0.39, 0.29) is 6.61 Å². The van der Waals surface area contributed by atoms with E-state index >= 15 is 0 Å². The van der Waals surface area contributed by atoms with Crippen LogP contribution in [0.1, 0.15) is 11.4 Å². The highest BCUT2D eigenvalue weighted by Gasteiger charge is 2.36. The van der Waals surface area contributed by atoms with Gasteiger partial charge in [-0.15, -0.1) is 0 Å². The van der Waals surface area contributed by atoms with E-state index in [2.05, 4.69) is 4.98 Å². The van der Waals surface area contributed by atoms with E-state index in [1.807, 2.05) is 0 Å². The number of aryl methyl sites for hydroxylation is 1. The summed E-state index contributed by atoms with van der Waals surface area (Å²) >= 11 is 0. The molecule has 0 aliphatic carbocycles. The molecule has 0 aromatic carbocycles. The summed E-state index contributed by atoms with van der Waals surface area (Å²) in [7, 11) is 0. The lowest BCUT2D eigenvalue weighted by Gasteiger charge is -2.19. The van der Waals surface area contributed by atoms with Gasteiger partial charge >= 0.3 is 6.18 Å². The third-order valence-corrected chi connectivity index (χ3v) is 3.09. The highest BCUT2D eigenvalue weighted by Crippen LogP contribution is 2.33. The zero-order valence-electron chi connectivity index (χ0n) is 9.28. The Morgan fingerprint density at radius 1 is 1.28 bits per heavy atom. The van der Waals surface area contributed by atoms with Gasteiger partial charge < -0.3 is 14.2 Å². The number of aromatic nitrogens is 3. The number of hydrogen-bond donors (Lipinski definition) is 1. The van der Waals surface area contributed by atoms with Crippen LogP contribution in [0, 0.1) is 0 Å². The van der Waals surface area contributed by atoms with Crippen LogP contribution in [0.3, 0.4) is 0 Å². The largest absolute Gasteiger partial charge is 0.434 e. The summed E-state index contributed by atoms with van der Waals surface area (Å²) in [6, 6.07) is 3.39. The number of nitrogens with zero attached hydrogens (tertiary/aromatic N) is 3. The van der Waals surface area contributed by atoms with E-state index < -0.39 is 11.9 Å². The Hall–Kier alpha value is -1.76. The summed E-state index contributed by atoms with van der Waals surface area (Å²) in [6.07, 6.45) is -3.40. The maximum atomic E-state index is 12.6. The molecule has 1 aliphatic heterocycles. The van der Waals surface area contributed by atoms with Crippen LogP contribution in [0.4, 0.5) is 13.2 Å². The van der Waals surface area contributed by atoms with Crippen molar-refractivity contribution < 1.29 is 18.3 Å². The molecular weight excluding hydrogens is 247 g/mol. The standard InChI is InChI=1S/C11H10F3N3O/c12-11(13,14)9-5-16-3-4-17-7(6-18)1-2-8(17)10(16)15-9/h1-2,5,18H,3-4,6H2. The highest BCUT2D eigenvalue weighted by molar-refractivity contribution is 5.54. The minimum atomic E-state index is -4.43. The van der Waals surface area contributed by atoms with Gasteiger partial charge in [-0.3, -0.25) is 0 Å². The lowest BCUT2D eigenvalue weighted by atomic mass is 10.3. The molecule has 0 bridgehead atoms. The Bertz CT molecular complexity index is 597. The van der Waals surface area contributed by atoms with E-state index in [1.54, 1.807) is 16.7 Å². The molecular formula is C11H10F3N3O. The Kier molecular flexibility index (Phi) is 2.28. The van der Waals surface area contributed by atoms with Gasteiger partial charge in [0.25, 0.3) is 0 Å². The minimum Gasteiger partial charge on any atom is -0.390 e. The number of imidazole rings is 1. The van der Waals surface area contributed by atoms with Crippen molar-refractivity contribution in [2.24, 2.45) is 0 Å². The zero-order chi connectivity index (χ0) is 12.9. The van der Waals surface area contributed by atoms with Crippen LogP contribution >= 0.6 is 0 Å². The van der Waals surface area contributed by atoms with Gasteiger partial charge in [0, 0.05) is 25.0 Å². The van der Waals surface area contributed by atoms with Crippen LogP contribution < -0.4 is 0 Å². The first-order valence-corrected chi connectivity index (χ1v) is 5.44. The fourth-order valence-corrected chi connectivity index (χ4v) is 2.24. The molecule has 0 amide bonds. The number of aliphatic hydroxyl groups excluding tert-OH is 1. The number of alkyl halides is 3. The third-order valence-electron chi connectivity index (χ3n) is 3.09. The van der Waals surface area contributed by atoms with Crippen molar-refractivity contribution in [3.05, 3.63) is 29.7 Å². The Morgan fingerprint density at radius 2 is 2.06 bits per heavy atom. The summed E-state index contributed by atoms with van der Waals surface area (Å²) in [5.74, 6) is 0.299. The molecule has 3 rings (SSSR count). The molecule has 0 atom stereocenters. The summed E-state index contributed by atoms with van der Waals surface area (Å²) in [6.45, 7) is 0.832. The first-order chi connectivity index (χ1) is 8.50. The predicted molar refractivity (Wildman–Crippen MR) is 56.6 cm³/mol. The van der Waals surface area contributed by atoms with Gasteiger partial charge in [-0.2, -0.15) is 13.2 Å². The minimum absolute atomic E-state index is 0.132. The van der Waals surface area contributed by atoms with Gasteiger partial charge in [-0.1, -0.05) is 0 Å². The Balaban J connectivity index is 2.13. The molecule has 0 saturated carbocycles. The zero-order valence-corrected chi connectivity index (χ0v) is 9.28. The average Bonchev–Trinajstić information content (AvgIpc) is 2.90. The number of aliphatic hydroxyl groups is 1. The first kappa shape index (κ1) is 11.3. The fraction of sp³-hybridized carbons (Fsp3) is 0.364. The van der Waals surface area contributed by atoms with Gasteiger partial charge in [-0.25, -0.2) is 4.98 Å². The molecule has 3 heterocycles. The van der Waals surface area contributed by atoms with E-state index in [9.17, 15) is 13.2 Å². The maximum Gasteiger partial charge on any atom is 0.434 e. The quantitative estimate of drug-likeness (QED) is 0.847. The SMILES string of the molecule is OCc1ccc2n1CCn1cc(C(F)(F)F)nc1-2. The van der Waals surface area contributed by atoms with Gasteiger partial charge in [0.2, 0.25) is 0 Å². The number of rotatable bonds is 1. The van der Waals surface area contributed by atoms with Crippen molar-refractivity contribution >= 4 is 0 Å². The monoisotopic (exact) mass is 257 g/mol. The summed E-state index contributed by atoms with van der Waals surface area (Å²) in [5, 5.41) is 9.14. The number of fused-ring (bicyclic) bond motifs is 3. The Labute approximate surface area is 100 Å². The molecule has 0 unspecified atom stereocenters. The van der Waals surface area contributed by atoms with Crippen LogP contribution in [-0.4, -0.2) is 19.2 Å². The second kappa shape index (κ2) is 3.61. The average molecular weight is 257 g/mol. The summed E-state index contributed by atoms with van der Waals surface area (Å²) in [5.41, 5.74) is 0.423. The fourth-order valence-electron chi connectivity index (χ4n) is 2.24. The molecule has 4 nitrogen and oxygen atoms in total. The van der Waals surface area contributed by atoms with Gasteiger partial charge in [0.1, 0.15) is 0 Å². The van der Waals surface area contributed by atoms with Crippen LogP contribution in [0.25, 0.3) is 11.5 Å².